The molecule has 6 nitrogen and oxygen atoms in total. The molecule has 1 saturated heterocycles. The van der Waals surface area contributed by atoms with Crippen LogP contribution in [0, 0.1) is 17.8 Å². The summed E-state index contributed by atoms with van der Waals surface area (Å²) >= 11 is 0. The fraction of sp³-hybridized carbons (Fsp3) is 0.500. The Balaban J connectivity index is 1.20. The highest BCUT2D eigenvalue weighted by Gasteiger charge is 2.54. The zero-order chi connectivity index (χ0) is 20.6. The lowest BCUT2D eigenvalue weighted by molar-refractivity contribution is -0.274. The van der Waals surface area contributed by atoms with Gasteiger partial charge in [0, 0.05) is 26.2 Å². The lowest BCUT2D eigenvalue weighted by Crippen LogP contribution is -2.34. The number of carbonyl (C=O) groups excluding carboxylic acids is 1. The number of carbonyl (C=O) groups is 1. The molecule has 4 rings (SSSR count). The fourth-order valence-corrected chi connectivity index (χ4v) is 4.41. The molecule has 1 aromatic carbocycles. The van der Waals surface area contributed by atoms with E-state index in [1.165, 1.54) is 12.1 Å². The van der Waals surface area contributed by atoms with Crippen molar-refractivity contribution in [1.29, 1.82) is 0 Å². The molecule has 2 unspecified atom stereocenters. The maximum atomic E-state index is 12.3. The third-order valence-electron chi connectivity index (χ3n) is 5.80. The first-order valence-electron chi connectivity index (χ1n) is 9.63. The van der Waals surface area contributed by atoms with E-state index in [-0.39, 0.29) is 11.7 Å². The number of nitrogens with zero attached hydrogens (tertiary/aromatic N) is 3. The second kappa shape index (κ2) is 7.70. The van der Waals surface area contributed by atoms with E-state index in [9.17, 15) is 18.0 Å². The molecule has 156 valence electrons. The Morgan fingerprint density at radius 1 is 1.28 bits per heavy atom. The van der Waals surface area contributed by atoms with Crippen molar-refractivity contribution >= 4 is 11.7 Å². The standard InChI is InChI=1S/C20H23F3N4O2/c1-26-18(7-8-24-26)25-19(28)12-27-10-16-15(17(16)11-27)6-5-13-3-2-4-14(9-13)29-20(21,22)23/h2-4,7-9,15-17H,5-6,10-12H2,1H3,(H,25,28). The number of halogens is 3. The molecule has 1 aliphatic carbocycles. The van der Waals surface area contributed by atoms with Gasteiger partial charge in [0.05, 0.1) is 12.7 Å². The number of benzene rings is 1. The Morgan fingerprint density at radius 3 is 2.69 bits per heavy atom. The zero-order valence-electron chi connectivity index (χ0n) is 16.0. The van der Waals surface area contributed by atoms with Crippen molar-refractivity contribution in [3.8, 4) is 5.75 Å². The number of aromatic nitrogens is 2. The van der Waals surface area contributed by atoms with Gasteiger partial charge in [0.1, 0.15) is 11.6 Å². The lowest BCUT2D eigenvalue weighted by Gasteiger charge is -2.19. The number of hydrogen-bond acceptors (Lipinski definition) is 4. The first kappa shape index (κ1) is 19.8. The summed E-state index contributed by atoms with van der Waals surface area (Å²) in [5, 5.41) is 6.88. The topological polar surface area (TPSA) is 59.4 Å². The van der Waals surface area contributed by atoms with Crippen LogP contribution in [-0.2, 0) is 18.3 Å². The minimum Gasteiger partial charge on any atom is -0.406 e. The molecule has 0 spiro atoms. The van der Waals surface area contributed by atoms with Gasteiger partial charge in [-0.2, -0.15) is 5.10 Å². The van der Waals surface area contributed by atoms with Crippen LogP contribution in [0.3, 0.4) is 0 Å². The number of alkyl halides is 3. The van der Waals surface area contributed by atoms with Crippen LogP contribution in [0.5, 0.6) is 5.75 Å². The maximum Gasteiger partial charge on any atom is 0.573 e. The van der Waals surface area contributed by atoms with E-state index in [2.05, 4.69) is 20.1 Å². The fourth-order valence-electron chi connectivity index (χ4n) is 4.41. The van der Waals surface area contributed by atoms with Crippen LogP contribution in [0.2, 0.25) is 0 Å². The quantitative estimate of drug-likeness (QED) is 0.765. The van der Waals surface area contributed by atoms with E-state index in [0.717, 1.165) is 31.5 Å². The molecule has 1 aromatic heterocycles. The summed E-state index contributed by atoms with van der Waals surface area (Å²) in [6.07, 6.45) is -1.36. The molecule has 2 aromatic rings. The van der Waals surface area contributed by atoms with Gasteiger partial charge < -0.3 is 10.1 Å². The molecule has 9 heteroatoms. The second-order valence-electron chi connectivity index (χ2n) is 7.81. The zero-order valence-corrected chi connectivity index (χ0v) is 16.0. The molecule has 0 bridgehead atoms. The molecular formula is C20H23F3N4O2. The van der Waals surface area contributed by atoms with E-state index < -0.39 is 6.36 Å². The van der Waals surface area contributed by atoms with Gasteiger partial charge in [-0.15, -0.1) is 13.2 Å². The van der Waals surface area contributed by atoms with Gasteiger partial charge in [-0.25, -0.2) is 0 Å². The van der Waals surface area contributed by atoms with Gasteiger partial charge in [-0.3, -0.25) is 14.4 Å². The Bertz CT molecular complexity index is 871. The Hall–Kier alpha value is -2.55. The highest BCUT2D eigenvalue weighted by molar-refractivity contribution is 5.91. The highest BCUT2D eigenvalue weighted by Crippen LogP contribution is 2.53. The van der Waals surface area contributed by atoms with Crippen LogP contribution >= 0.6 is 0 Å². The van der Waals surface area contributed by atoms with Crippen LogP contribution in [0.4, 0.5) is 19.0 Å². The minimum atomic E-state index is -4.67. The van der Waals surface area contributed by atoms with Crippen LogP contribution < -0.4 is 10.1 Å². The Morgan fingerprint density at radius 2 is 2.03 bits per heavy atom. The molecule has 1 N–H and O–H groups in total. The van der Waals surface area contributed by atoms with Crippen molar-refractivity contribution < 1.29 is 22.7 Å². The van der Waals surface area contributed by atoms with Crippen molar-refractivity contribution in [2.45, 2.75) is 19.2 Å². The number of aryl methyl sites for hydroxylation is 2. The Kier molecular flexibility index (Phi) is 5.24. The van der Waals surface area contributed by atoms with Gasteiger partial charge in [0.2, 0.25) is 5.91 Å². The number of piperidine rings is 1. The summed E-state index contributed by atoms with van der Waals surface area (Å²) in [6.45, 7) is 2.15. The molecular weight excluding hydrogens is 385 g/mol. The summed E-state index contributed by atoms with van der Waals surface area (Å²) in [7, 11) is 1.77. The van der Waals surface area contributed by atoms with Crippen LogP contribution in [-0.4, -0.2) is 46.6 Å². The molecule has 2 heterocycles. The first-order valence-corrected chi connectivity index (χ1v) is 9.63. The summed E-state index contributed by atoms with van der Waals surface area (Å²) in [6, 6.07) is 7.95. The molecule has 29 heavy (non-hydrogen) atoms. The minimum absolute atomic E-state index is 0.0482. The Labute approximate surface area is 166 Å². The number of ether oxygens (including phenoxy) is 1. The third kappa shape index (κ3) is 4.90. The smallest absolute Gasteiger partial charge is 0.406 e. The van der Waals surface area contributed by atoms with Gasteiger partial charge in [-0.05, 0) is 48.3 Å². The van der Waals surface area contributed by atoms with Gasteiger partial charge in [0.25, 0.3) is 0 Å². The number of amides is 1. The van der Waals surface area contributed by atoms with Crippen molar-refractivity contribution in [2.24, 2.45) is 24.8 Å². The van der Waals surface area contributed by atoms with Crippen LogP contribution in [0.15, 0.2) is 36.5 Å². The number of nitrogens with one attached hydrogen (secondary N) is 1. The van der Waals surface area contributed by atoms with Gasteiger partial charge in [-0.1, -0.05) is 12.1 Å². The summed E-state index contributed by atoms with van der Waals surface area (Å²) in [5.41, 5.74) is 0.851. The highest BCUT2D eigenvalue weighted by atomic mass is 19.4. The van der Waals surface area contributed by atoms with Crippen molar-refractivity contribution in [2.75, 3.05) is 25.0 Å². The lowest BCUT2D eigenvalue weighted by atomic mass is 10.0. The van der Waals surface area contributed by atoms with Crippen LogP contribution in [0.25, 0.3) is 0 Å². The number of hydrogen-bond donors (Lipinski definition) is 1. The average molecular weight is 408 g/mol. The molecule has 2 aliphatic rings. The number of likely N-dealkylation sites (tertiary alicyclic amines) is 1. The molecule has 0 radical (unpaired) electrons. The summed E-state index contributed by atoms with van der Waals surface area (Å²) < 4.78 is 42.6. The molecule has 1 saturated carbocycles. The largest absolute Gasteiger partial charge is 0.573 e. The predicted molar refractivity (Wildman–Crippen MR) is 100 cm³/mol. The molecule has 1 aliphatic heterocycles. The third-order valence-corrected chi connectivity index (χ3v) is 5.80. The SMILES string of the molecule is Cn1nccc1NC(=O)CN1CC2C(CCc3cccc(OC(F)(F)F)c3)C2C1. The van der Waals surface area contributed by atoms with E-state index in [4.69, 9.17) is 0 Å². The van der Waals surface area contributed by atoms with E-state index in [1.807, 2.05) is 6.07 Å². The monoisotopic (exact) mass is 408 g/mol. The number of anilines is 1. The average Bonchev–Trinajstić information content (AvgIpc) is 2.91. The van der Waals surface area contributed by atoms with Crippen molar-refractivity contribution in [3.05, 3.63) is 42.1 Å². The van der Waals surface area contributed by atoms with E-state index in [1.54, 1.807) is 30.1 Å². The van der Waals surface area contributed by atoms with Crippen molar-refractivity contribution in [3.63, 3.8) is 0 Å². The number of fused-ring (bicyclic) bond motifs is 1. The molecule has 2 atom stereocenters. The van der Waals surface area contributed by atoms with E-state index >= 15 is 0 Å². The molecule has 1 amide bonds. The number of rotatable bonds is 7. The predicted octanol–water partition coefficient (Wildman–Crippen LogP) is 3.07. The summed E-state index contributed by atoms with van der Waals surface area (Å²) in [4.78, 5) is 14.3. The maximum absolute atomic E-state index is 12.3. The second-order valence-corrected chi connectivity index (χ2v) is 7.81. The van der Waals surface area contributed by atoms with Crippen molar-refractivity contribution in [1.82, 2.24) is 14.7 Å². The van der Waals surface area contributed by atoms with E-state index in [0.29, 0.717) is 30.1 Å². The van der Waals surface area contributed by atoms with Gasteiger partial charge >= 0.3 is 6.36 Å². The normalized spacial score (nSPS) is 23.7. The first-order chi connectivity index (χ1) is 13.8. The van der Waals surface area contributed by atoms with Gasteiger partial charge in [0.15, 0.2) is 0 Å². The molecule has 2 fully saturated rings. The summed E-state index contributed by atoms with van der Waals surface area (Å²) in [5.74, 6) is 2.19. The van der Waals surface area contributed by atoms with Crippen LogP contribution in [0.1, 0.15) is 12.0 Å².